The van der Waals surface area contributed by atoms with Crippen molar-refractivity contribution in [2.75, 3.05) is 46.1 Å². The van der Waals surface area contributed by atoms with Gasteiger partial charge in [0.05, 0.1) is 24.0 Å². The fourth-order valence-electron chi connectivity index (χ4n) is 3.89. The standard InChI is InChI=1S/C18H24N4O3S/c1-2-20-6-8-21(9-7-20)4-3-5-22-17(23)13-10-15-16(25-12-24-15)11-14(13)19-18(22)26/h10-11H,2-9,12H2,1H3,(H,19,26)/p+2. The summed E-state index contributed by atoms with van der Waals surface area (Å²) in [6, 6.07) is 3.54. The van der Waals surface area contributed by atoms with Crippen molar-refractivity contribution in [2.24, 2.45) is 0 Å². The Kier molecular flexibility index (Phi) is 4.97. The quantitative estimate of drug-likeness (QED) is 0.583. The number of H-pyrrole nitrogens is 1. The van der Waals surface area contributed by atoms with Crippen molar-refractivity contribution in [3.8, 4) is 11.5 Å². The molecule has 1 saturated heterocycles. The minimum Gasteiger partial charge on any atom is -0.454 e. The van der Waals surface area contributed by atoms with Crippen molar-refractivity contribution in [3.05, 3.63) is 27.3 Å². The second kappa shape index (κ2) is 7.38. The van der Waals surface area contributed by atoms with Gasteiger partial charge in [0.25, 0.3) is 5.56 Å². The molecule has 0 unspecified atom stereocenters. The number of fused-ring (bicyclic) bond motifs is 2. The SMILES string of the molecule is CC[NH+]1CC[NH+](CCCn2c(=S)[nH]c3cc4c(cc3c2=O)OCO4)CC1. The number of piperazine rings is 1. The first-order chi connectivity index (χ1) is 12.7. The molecule has 7 nitrogen and oxygen atoms in total. The molecule has 0 saturated carbocycles. The Morgan fingerprint density at radius 2 is 1.85 bits per heavy atom. The molecule has 1 fully saturated rings. The number of nitrogens with one attached hydrogen (secondary N) is 3. The number of nitrogens with zero attached hydrogens (tertiary/aromatic N) is 1. The second-order valence-corrected chi connectivity index (χ2v) is 7.48. The largest absolute Gasteiger partial charge is 0.454 e. The van der Waals surface area contributed by atoms with Gasteiger partial charge in [0.2, 0.25) is 6.79 Å². The highest BCUT2D eigenvalue weighted by molar-refractivity contribution is 7.71. The lowest BCUT2D eigenvalue weighted by atomic mass is 10.2. The third-order valence-electron chi connectivity index (χ3n) is 5.55. The van der Waals surface area contributed by atoms with Gasteiger partial charge in [0.1, 0.15) is 26.2 Å². The normalized spacial score (nSPS) is 22.0. The lowest BCUT2D eigenvalue weighted by Gasteiger charge is -2.29. The van der Waals surface area contributed by atoms with E-state index in [1.807, 2.05) is 0 Å². The smallest absolute Gasteiger partial charge is 0.262 e. The molecule has 0 aliphatic carbocycles. The molecular weight excluding hydrogens is 352 g/mol. The Morgan fingerprint density at radius 1 is 1.15 bits per heavy atom. The highest BCUT2D eigenvalue weighted by Gasteiger charge is 2.21. The number of quaternary nitrogens is 2. The summed E-state index contributed by atoms with van der Waals surface area (Å²) in [7, 11) is 0. The number of benzene rings is 1. The second-order valence-electron chi connectivity index (χ2n) is 7.10. The molecule has 4 rings (SSSR count). The fourth-order valence-corrected chi connectivity index (χ4v) is 4.18. The Balaban J connectivity index is 1.47. The van der Waals surface area contributed by atoms with Crippen LogP contribution in [-0.4, -0.2) is 55.6 Å². The lowest BCUT2D eigenvalue weighted by Crippen LogP contribution is -3.28. The average Bonchev–Trinajstić information content (AvgIpc) is 3.11. The van der Waals surface area contributed by atoms with E-state index in [2.05, 4.69) is 11.9 Å². The molecule has 0 atom stereocenters. The van der Waals surface area contributed by atoms with Gasteiger partial charge in [-0.25, -0.2) is 0 Å². The summed E-state index contributed by atoms with van der Waals surface area (Å²) in [6.07, 6.45) is 0.949. The molecule has 0 spiro atoms. The summed E-state index contributed by atoms with van der Waals surface area (Å²) in [5.41, 5.74) is 0.641. The minimum absolute atomic E-state index is 0.0581. The van der Waals surface area contributed by atoms with Gasteiger partial charge >= 0.3 is 0 Å². The molecule has 0 amide bonds. The van der Waals surface area contributed by atoms with E-state index in [0.717, 1.165) is 13.0 Å². The van der Waals surface area contributed by atoms with Crippen LogP contribution in [0.4, 0.5) is 0 Å². The van der Waals surface area contributed by atoms with Gasteiger partial charge in [-0.05, 0) is 25.2 Å². The summed E-state index contributed by atoms with van der Waals surface area (Å²) in [5, 5.41) is 0.593. The molecule has 26 heavy (non-hydrogen) atoms. The maximum Gasteiger partial charge on any atom is 0.262 e. The van der Waals surface area contributed by atoms with Crippen LogP contribution in [0.1, 0.15) is 13.3 Å². The fraction of sp³-hybridized carbons (Fsp3) is 0.556. The van der Waals surface area contributed by atoms with Crippen LogP contribution in [0.3, 0.4) is 0 Å². The van der Waals surface area contributed by atoms with Crippen molar-refractivity contribution in [2.45, 2.75) is 19.9 Å². The first-order valence-electron chi connectivity index (χ1n) is 9.39. The third kappa shape index (κ3) is 3.36. The Morgan fingerprint density at radius 3 is 2.58 bits per heavy atom. The first-order valence-corrected chi connectivity index (χ1v) is 9.80. The maximum atomic E-state index is 12.9. The molecule has 3 N–H and O–H groups in total. The van der Waals surface area contributed by atoms with E-state index in [1.165, 1.54) is 32.7 Å². The monoisotopic (exact) mass is 378 g/mol. The van der Waals surface area contributed by atoms with Gasteiger partial charge in [-0.3, -0.25) is 9.36 Å². The molecule has 140 valence electrons. The molecule has 0 radical (unpaired) electrons. The van der Waals surface area contributed by atoms with Crippen molar-refractivity contribution >= 4 is 23.1 Å². The van der Waals surface area contributed by atoms with Crippen molar-refractivity contribution in [1.82, 2.24) is 9.55 Å². The molecule has 2 aromatic rings. The number of rotatable bonds is 5. The number of hydrogen-bond donors (Lipinski definition) is 3. The van der Waals surface area contributed by atoms with Crippen molar-refractivity contribution in [1.29, 1.82) is 0 Å². The lowest BCUT2D eigenvalue weighted by molar-refractivity contribution is -1.01. The summed E-state index contributed by atoms with van der Waals surface area (Å²) in [4.78, 5) is 19.4. The van der Waals surface area contributed by atoms with Gasteiger partial charge in [0, 0.05) is 19.0 Å². The van der Waals surface area contributed by atoms with Crippen molar-refractivity contribution < 1.29 is 19.3 Å². The van der Waals surface area contributed by atoms with E-state index in [4.69, 9.17) is 21.7 Å². The number of hydrogen-bond acceptors (Lipinski definition) is 4. The molecular formula is C18H26N4O3S+2. The van der Waals surface area contributed by atoms with Crippen LogP contribution in [0.5, 0.6) is 11.5 Å². The Bertz CT molecular complexity index is 915. The number of likely N-dealkylation sites (N-methyl/N-ethyl adjacent to an activating group) is 1. The number of ether oxygens (including phenoxy) is 2. The first kappa shape index (κ1) is 17.5. The number of aromatic amines is 1. The van der Waals surface area contributed by atoms with Gasteiger partial charge in [-0.2, -0.15) is 0 Å². The van der Waals surface area contributed by atoms with Crippen LogP contribution in [0.25, 0.3) is 10.9 Å². The third-order valence-corrected chi connectivity index (χ3v) is 5.87. The molecule has 0 bridgehead atoms. The zero-order valence-electron chi connectivity index (χ0n) is 15.1. The van der Waals surface area contributed by atoms with Crippen LogP contribution in [0, 0.1) is 4.77 Å². The maximum absolute atomic E-state index is 12.9. The average molecular weight is 378 g/mol. The Hall–Kier alpha value is -1.90. The molecule has 2 aliphatic rings. The van der Waals surface area contributed by atoms with Crippen LogP contribution < -0.4 is 24.8 Å². The van der Waals surface area contributed by atoms with Gasteiger partial charge in [0.15, 0.2) is 16.3 Å². The highest BCUT2D eigenvalue weighted by atomic mass is 32.1. The van der Waals surface area contributed by atoms with Gasteiger partial charge in [-0.15, -0.1) is 0 Å². The minimum atomic E-state index is -0.0581. The zero-order valence-corrected chi connectivity index (χ0v) is 15.9. The summed E-state index contributed by atoms with van der Waals surface area (Å²) in [6.45, 7) is 10.3. The Labute approximate surface area is 157 Å². The molecule has 3 heterocycles. The van der Waals surface area contributed by atoms with Crippen molar-refractivity contribution in [3.63, 3.8) is 0 Å². The molecule has 1 aromatic heterocycles. The van der Waals surface area contributed by atoms with E-state index < -0.39 is 0 Å². The predicted octanol–water partition coefficient (Wildman–Crippen LogP) is -1.02. The highest BCUT2D eigenvalue weighted by Crippen LogP contribution is 2.34. The van der Waals surface area contributed by atoms with Crippen LogP contribution in [0.2, 0.25) is 0 Å². The van der Waals surface area contributed by atoms with E-state index in [0.29, 0.717) is 33.7 Å². The summed E-state index contributed by atoms with van der Waals surface area (Å²) >= 11 is 5.42. The molecule has 2 aliphatic heterocycles. The van der Waals surface area contributed by atoms with E-state index in [1.54, 1.807) is 26.5 Å². The van der Waals surface area contributed by atoms with Crippen LogP contribution >= 0.6 is 12.2 Å². The molecule has 1 aromatic carbocycles. The van der Waals surface area contributed by atoms with Gasteiger partial charge < -0.3 is 24.3 Å². The van der Waals surface area contributed by atoms with E-state index >= 15 is 0 Å². The molecule has 8 heteroatoms. The summed E-state index contributed by atoms with van der Waals surface area (Å²) < 4.78 is 12.9. The van der Waals surface area contributed by atoms with Crippen LogP contribution in [0.15, 0.2) is 16.9 Å². The van der Waals surface area contributed by atoms with E-state index in [-0.39, 0.29) is 12.4 Å². The van der Waals surface area contributed by atoms with Crippen LogP contribution in [-0.2, 0) is 6.54 Å². The van der Waals surface area contributed by atoms with E-state index in [9.17, 15) is 4.79 Å². The topological polar surface area (TPSA) is 65.1 Å². The predicted molar refractivity (Wildman–Crippen MR) is 101 cm³/mol. The summed E-state index contributed by atoms with van der Waals surface area (Å²) in [5.74, 6) is 1.27. The van der Waals surface area contributed by atoms with Gasteiger partial charge in [-0.1, -0.05) is 0 Å². The zero-order chi connectivity index (χ0) is 18.1. The number of aromatic nitrogens is 2.